The van der Waals surface area contributed by atoms with Crippen molar-refractivity contribution in [2.24, 2.45) is 11.8 Å². The van der Waals surface area contributed by atoms with E-state index in [-0.39, 0.29) is 25.2 Å². The van der Waals surface area contributed by atoms with Crippen molar-refractivity contribution in [3.05, 3.63) is 0 Å². The molecule has 0 spiro atoms. The van der Waals surface area contributed by atoms with Crippen LogP contribution in [0.2, 0.25) is 0 Å². The van der Waals surface area contributed by atoms with Crippen LogP contribution in [-0.4, -0.2) is 66.5 Å². The lowest BCUT2D eigenvalue weighted by atomic mass is 10.1. The lowest BCUT2D eigenvalue weighted by Gasteiger charge is -2.08. The van der Waals surface area contributed by atoms with E-state index in [9.17, 15) is 9.59 Å². The smallest absolute Gasteiger partial charge is 0.308 e. The van der Waals surface area contributed by atoms with Gasteiger partial charge in [0.2, 0.25) is 0 Å². The first-order valence-electron chi connectivity index (χ1n) is 11.7. The molecular weight excluding hydrogens is 493 g/mol. The van der Waals surface area contributed by atoms with Gasteiger partial charge in [-0.05, 0) is 6.42 Å². The van der Waals surface area contributed by atoms with E-state index in [0.29, 0.717) is 24.5 Å². The predicted octanol–water partition coefficient (Wildman–Crippen LogP) is 6.57. The van der Waals surface area contributed by atoms with E-state index in [4.69, 9.17) is 4.74 Å². The van der Waals surface area contributed by atoms with Crippen molar-refractivity contribution in [2.45, 2.75) is 87.7 Å². The van der Waals surface area contributed by atoms with Gasteiger partial charge in [-0.25, -0.2) is 0 Å². The third-order valence-corrected chi connectivity index (χ3v) is 8.68. The lowest BCUT2D eigenvalue weighted by Crippen LogP contribution is -2.24. The van der Waals surface area contributed by atoms with Crippen molar-refractivity contribution >= 4 is 54.9 Å². The summed E-state index contributed by atoms with van der Waals surface area (Å²) in [5.74, 6) is 4.65. The van der Waals surface area contributed by atoms with Gasteiger partial charge in [0.05, 0.1) is 5.92 Å². The third-order valence-electron chi connectivity index (χ3n) is 3.82. The zero-order chi connectivity index (χ0) is 24.8. The maximum atomic E-state index is 11.3. The van der Waals surface area contributed by atoms with Crippen LogP contribution in [0.4, 0.5) is 0 Å². The molecule has 200 valence electrons. The average Bonchev–Trinajstić information content (AvgIpc) is 2.71. The largest absolute Gasteiger partial charge is 0.465 e. The fraction of sp³-hybridized carbons (Fsp3) is 0.917. The molecule has 0 aliphatic rings. The summed E-state index contributed by atoms with van der Waals surface area (Å²) in [4.78, 5) is 22.4. The van der Waals surface area contributed by atoms with E-state index in [2.05, 4.69) is 38.3 Å². The summed E-state index contributed by atoms with van der Waals surface area (Å²) >= 11 is 0. The van der Waals surface area contributed by atoms with Gasteiger partial charge in [-0.15, -0.1) is 0 Å². The van der Waals surface area contributed by atoms with E-state index in [0.717, 1.165) is 48.9 Å². The Kier molecular flexibility index (Phi) is 31.2. The molecule has 0 heterocycles. The molecule has 0 fully saturated rings. The first kappa shape index (κ1) is 38.0. The Morgan fingerprint density at radius 3 is 1.58 bits per heavy atom. The first-order chi connectivity index (χ1) is 15.1. The summed E-state index contributed by atoms with van der Waals surface area (Å²) in [5, 5.41) is 6.73. The number of ether oxygens (including phenoxy) is 1. The van der Waals surface area contributed by atoms with Crippen molar-refractivity contribution < 1.29 is 14.3 Å². The van der Waals surface area contributed by atoms with Gasteiger partial charge in [0, 0.05) is 60.5 Å². The average molecular weight is 545 g/mol. The van der Waals surface area contributed by atoms with Crippen LogP contribution in [0, 0.1) is 11.8 Å². The monoisotopic (exact) mass is 544 g/mol. The normalized spacial score (nSPS) is 10.9. The second kappa shape index (κ2) is 27.1. The molecule has 0 aliphatic carbocycles. The Bertz CT molecular complexity index is 411. The molecule has 0 bridgehead atoms. The molecule has 0 aromatic heterocycles. The molecular formula is C24H52N2O3S4. The molecule has 0 unspecified atom stereocenters. The predicted molar refractivity (Wildman–Crippen MR) is 158 cm³/mol. The maximum Gasteiger partial charge on any atom is 0.308 e. The fourth-order valence-electron chi connectivity index (χ4n) is 1.95. The van der Waals surface area contributed by atoms with E-state index in [1.807, 2.05) is 60.1 Å². The molecule has 0 aromatic carbocycles. The number of carbonyl (C=O) groups excluding carboxylic acids is 2. The van der Waals surface area contributed by atoms with Gasteiger partial charge in [-0.2, -0.15) is 0 Å². The molecule has 0 aliphatic heterocycles. The van der Waals surface area contributed by atoms with Gasteiger partial charge in [-0.3, -0.25) is 9.59 Å². The molecule has 2 N–H and O–H groups in total. The van der Waals surface area contributed by atoms with E-state index < -0.39 is 0 Å². The summed E-state index contributed by atoms with van der Waals surface area (Å²) in [7, 11) is 7.36. The quantitative estimate of drug-likeness (QED) is 0.107. The highest BCUT2D eigenvalue weighted by molar-refractivity contribution is 8.77. The van der Waals surface area contributed by atoms with E-state index in [1.165, 1.54) is 0 Å². The minimum atomic E-state index is -0.105. The molecule has 0 saturated heterocycles. The van der Waals surface area contributed by atoms with Crippen molar-refractivity contribution in [1.29, 1.82) is 0 Å². The zero-order valence-corrected chi connectivity index (χ0v) is 24.8. The zero-order valence-electron chi connectivity index (χ0n) is 21.5. The van der Waals surface area contributed by atoms with Crippen LogP contribution in [-0.2, 0) is 14.3 Å². The minimum Gasteiger partial charge on any atom is -0.465 e. The number of Topliss-reactive ketones (excluding diaryl/α,β-unsaturated/α-hetero) is 1. The molecule has 0 saturated carbocycles. The molecule has 0 aromatic rings. The number of esters is 1. The number of rotatable bonds is 19. The van der Waals surface area contributed by atoms with Gasteiger partial charge in [0.1, 0.15) is 12.4 Å². The Balaban J connectivity index is -0.000000529. The standard InChI is InChI=1S/C12H25NOS2.C11H23NO2S2.CH4/c1-10(2)12(14)6-5-8-15-16-9-7-13-11(3)4;1-9(2)11(13)14-6-8-16-15-7-5-12-10(3)4;/h10-11,13H,5-9H2,1-4H3;9-10,12H,5-8H2,1-4H3;1H4. The molecule has 0 rings (SSSR count). The van der Waals surface area contributed by atoms with Gasteiger partial charge >= 0.3 is 5.97 Å². The molecule has 0 amide bonds. The highest BCUT2D eigenvalue weighted by atomic mass is 33.1. The highest BCUT2D eigenvalue weighted by Crippen LogP contribution is 2.22. The molecule has 5 nitrogen and oxygen atoms in total. The van der Waals surface area contributed by atoms with Crippen LogP contribution in [0.25, 0.3) is 0 Å². The number of hydrogen-bond donors (Lipinski definition) is 2. The highest BCUT2D eigenvalue weighted by Gasteiger charge is 2.07. The van der Waals surface area contributed by atoms with Crippen molar-refractivity contribution in [3.63, 3.8) is 0 Å². The van der Waals surface area contributed by atoms with Gasteiger partial charge in [0.25, 0.3) is 0 Å². The maximum absolute atomic E-state index is 11.3. The van der Waals surface area contributed by atoms with Crippen molar-refractivity contribution in [1.82, 2.24) is 10.6 Å². The van der Waals surface area contributed by atoms with Crippen LogP contribution in [0.15, 0.2) is 0 Å². The third kappa shape index (κ3) is 32.5. The second-order valence-electron chi connectivity index (χ2n) is 8.55. The molecule has 0 radical (unpaired) electrons. The Hall–Kier alpha value is 0.460. The Morgan fingerprint density at radius 2 is 1.15 bits per heavy atom. The second-order valence-corrected chi connectivity index (χ2v) is 14.0. The fourth-order valence-corrected chi connectivity index (χ4v) is 5.71. The summed E-state index contributed by atoms with van der Waals surface area (Å²) < 4.78 is 5.06. The SMILES string of the molecule is C.CC(C)NCCSSCCCC(=O)C(C)C.CC(C)NCCSSCCOC(=O)C(C)C. The summed E-state index contributed by atoms with van der Waals surface area (Å²) in [6, 6.07) is 1.13. The van der Waals surface area contributed by atoms with Crippen molar-refractivity contribution in [2.75, 3.05) is 42.7 Å². The van der Waals surface area contributed by atoms with Gasteiger partial charge in [0.15, 0.2) is 0 Å². The lowest BCUT2D eigenvalue weighted by molar-refractivity contribution is -0.146. The van der Waals surface area contributed by atoms with E-state index >= 15 is 0 Å². The van der Waals surface area contributed by atoms with Crippen LogP contribution in [0.3, 0.4) is 0 Å². The summed E-state index contributed by atoms with van der Waals surface area (Å²) in [5.41, 5.74) is 0. The topological polar surface area (TPSA) is 67.4 Å². The van der Waals surface area contributed by atoms with E-state index in [1.54, 1.807) is 10.8 Å². The number of hydrogen-bond acceptors (Lipinski definition) is 9. The summed E-state index contributed by atoms with van der Waals surface area (Å²) in [6.45, 7) is 18.9. The van der Waals surface area contributed by atoms with Gasteiger partial charge in [-0.1, -0.05) is 106 Å². The number of carbonyl (C=O) groups is 2. The van der Waals surface area contributed by atoms with Gasteiger partial charge < -0.3 is 15.4 Å². The minimum absolute atomic E-state index is 0. The Labute approximate surface area is 221 Å². The van der Waals surface area contributed by atoms with Crippen LogP contribution < -0.4 is 10.6 Å². The van der Waals surface area contributed by atoms with Crippen molar-refractivity contribution in [3.8, 4) is 0 Å². The molecule has 0 atom stereocenters. The number of nitrogens with one attached hydrogen (secondary N) is 2. The Morgan fingerprint density at radius 1 is 0.697 bits per heavy atom. The molecule has 33 heavy (non-hydrogen) atoms. The van der Waals surface area contributed by atoms with Crippen LogP contribution in [0.1, 0.15) is 75.7 Å². The molecule has 9 heteroatoms. The van der Waals surface area contributed by atoms with Crippen LogP contribution in [0.5, 0.6) is 0 Å². The first-order valence-corrected chi connectivity index (χ1v) is 16.7. The number of ketones is 1. The van der Waals surface area contributed by atoms with Crippen LogP contribution >= 0.6 is 43.2 Å². The summed E-state index contributed by atoms with van der Waals surface area (Å²) in [6.07, 6.45) is 1.77.